The number of ether oxygens (including phenoxy) is 1. The third-order valence-electron chi connectivity index (χ3n) is 5.57. The first-order chi connectivity index (χ1) is 11.4. The summed E-state index contributed by atoms with van der Waals surface area (Å²) in [6.07, 6.45) is 4.51. The monoisotopic (exact) mass is 332 g/mol. The molecule has 1 unspecified atom stereocenters. The van der Waals surface area contributed by atoms with Gasteiger partial charge in [0.2, 0.25) is 0 Å². The quantitative estimate of drug-likeness (QED) is 0.737. The topological polar surface area (TPSA) is 46.5 Å². The summed E-state index contributed by atoms with van der Waals surface area (Å²) in [7, 11) is 0. The second kappa shape index (κ2) is 7.69. The number of rotatable bonds is 7. The molecule has 0 bridgehead atoms. The molecule has 1 aliphatic rings. The lowest BCUT2D eigenvalue weighted by molar-refractivity contribution is -0.181. The van der Waals surface area contributed by atoms with Crippen LogP contribution in [0.3, 0.4) is 0 Å². The Bertz CT molecular complexity index is 529. The van der Waals surface area contributed by atoms with Gasteiger partial charge in [-0.2, -0.15) is 0 Å². The van der Waals surface area contributed by atoms with Gasteiger partial charge in [0.15, 0.2) is 0 Å². The Morgan fingerprint density at radius 1 is 1.17 bits per heavy atom. The highest BCUT2D eigenvalue weighted by Crippen LogP contribution is 2.45. The number of carbonyl (C=O) groups is 1. The summed E-state index contributed by atoms with van der Waals surface area (Å²) in [5.74, 6) is 0.120. The van der Waals surface area contributed by atoms with E-state index in [2.05, 4.69) is 26.0 Å². The summed E-state index contributed by atoms with van der Waals surface area (Å²) in [6, 6.07) is 10.1. The molecule has 0 saturated heterocycles. The predicted octanol–water partition coefficient (Wildman–Crippen LogP) is 4.68. The molecule has 0 aliphatic heterocycles. The standard InChI is InChI=1S/C21H32O3/c1-16(2)14-20(15-22,17(3)4)19(23)24-21(12-8-9-13-21)18-10-6-5-7-11-18/h5-7,10-11,16-17,22H,8-9,12-15H2,1-4H3. The molecule has 1 atom stereocenters. The zero-order chi connectivity index (χ0) is 17.8. The van der Waals surface area contributed by atoms with Crippen molar-refractivity contribution >= 4 is 5.97 Å². The third kappa shape index (κ3) is 3.66. The second-order valence-electron chi connectivity index (χ2n) is 8.02. The van der Waals surface area contributed by atoms with Gasteiger partial charge in [-0.25, -0.2) is 0 Å². The summed E-state index contributed by atoms with van der Waals surface area (Å²) in [4.78, 5) is 13.2. The van der Waals surface area contributed by atoms with E-state index in [9.17, 15) is 9.90 Å². The van der Waals surface area contributed by atoms with Crippen molar-refractivity contribution in [2.75, 3.05) is 6.61 Å². The smallest absolute Gasteiger partial charge is 0.315 e. The highest BCUT2D eigenvalue weighted by molar-refractivity contribution is 5.78. The Labute approximate surface area is 146 Å². The van der Waals surface area contributed by atoms with Gasteiger partial charge in [0.1, 0.15) is 5.60 Å². The van der Waals surface area contributed by atoms with Crippen LogP contribution in [0.1, 0.15) is 65.4 Å². The van der Waals surface area contributed by atoms with E-state index in [0.29, 0.717) is 12.3 Å². The molecule has 24 heavy (non-hydrogen) atoms. The van der Waals surface area contributed by atoms with Crippen molar-refractivity contribution in [3.8, 4) is 0 Å². The maximum Gasteiger partial charge on any atom is 0.315 e. The first-order valence-corrected chi connectivity index (χ1v) is 9.26. The summed E-state index contributed by atoms with van der Waals surface area (Å²) in [5, 5.41) is 10.1. The van der Waals surface area contributed by atoms with Crippen LogP contribution in [0.2, 0.25) is 0 Å². The van der Waals surface area contributed by atoms with Crippen LogP contribution in [0.25, 0.3) is 0 Å². The van der Waals surface area contributed by atoms with Crippen LogP contribution in [0, 0.1) is 17.3 Å². The molecule has 1 fully saturated rings. The van der Waals surface area contributed by atoms with Gasteiger partial charge in [0.25, 0.3) is 0 Å². The SMILES string of the molecule is CC(C)CC(CO)(C(=O)OC1(c2ccccc2)CCCC1)C(C)C. The molecule has 0 amide bonds. The predicted molar refractivity (Wildman–Crippen MR) is 96.5 cm³/mol. The lowest BCUT2D eigenvalue weighted by Crippen LogP contribution is -2.45. The fraction of sp³-hybridized carbons (Fsp3) is 0.667. The van der Waals surface area contributed by atoms with Gasteiger partial charge in [-0.15, -0.1) is 0 Å². The van der Waals surface area contributed by atoms with Crippen LogP contribution in [0.15, 0.2) is 30.3 Å². The largest absolute Gasteiger partial charge is 0.454 e. The number of esters is 1. The molecule has 3 heteroatoms. The van der Waals surface area contributed by atoms with Crippen LogP contribution in [0.4, 0.5) is 0 Å². The van der Waals surface area contributed by atoms with Crippen molar-refractivity contribution in [3.05, 3.63) is 35.9 Å². The van der Waals surface area contributed by atoms with Crippen LogP contribution in [0.5, 0.6) is 0 Å². The second-order valence-corrected chi connectivity index (χ2v) is 8.02. The summed E-state index contributed by atoms with van der Waals surface area (Å²) in [6.45, 7) is 8.02. The average molecular weight is 332 g/mol. The molecule has 1 saturated carbocycles. The molecule has 3 nitrogen and oxygen atoms in total. The summed E-state index contributed by atoms with van der Waals surface area (Å²) >= 11 is 0. The number of hydrogen-bond donors (Lipinski definition) is 1. The van der Waals surface area contributed by atoms with E-state index in [0.717, 1.165) is 31.2 Å². The Morgan fingerprint density at radius 2 is 1.75 bits per heavy atom. The van der Waals surface area contributed by atoms with Gasteiger partial charge in [-0.05, 0) is 49.5 Å². The molecule has 1 aliphatic carbocycles. The van der Waals surface area contributed by atoms with E-state index in [1.165, 1.54) is 0 Å². The number of hydrogen-bond acceptors (Lipinski definition) is 3. The van der Waals surface area contributed by atoms with Gasteiger partial charge in [-0.1, -0.05) is 58.0 Å². The third-order valence-corrected chi connectivity index (χ3v) is 5.57. The molecule has 0 aromatic heterocycles. The minimum Gasteiger partial charge on any atom is -0.454 e. The lowest BCUT2D eigenvalue weighted by atomic mass is 9.72. The van der Waals surface area contributed by atoms with Gasteiger partial charge in [-0.3, -0.25) is 4.79 Å². The number of carbonyl (C=O) groups excluding carboxylic acids is 1. The molecule has 0 radical (unpaired) electrons. The normalized spacial score (nSPS) is 19.5. The number of benzene rings is 1. The van der Waals surface area contributed by atoms with Crippen molar-refractivity contribution < 1.29 is 14.6 Å². The van der Waals surface area contributed by atoms with Crippen molar-refractivity contribution in [1.29, 1.82) is 0 Å². The van der Waals surface area contributed by atoms with Crippen molar-refractivity contribution in [3.63, 3.8) is 0 Å². The summed E-state index contributed by atoms with van der Waals surface area (Å²) in [5.41, 5.74) is -0.264. The molecule has 0 spiro atoms. The zero-order valence-electron chi connectivity index (χ0n) is 15.5. The van der Waals surface area contributed by atoms with E-state index in [1.54, 1.807) is 0 Å². The van der Waals surface area contributed by atoms with E-state index >= 15 is 0 Å². The van der Waals surface area contributed by atoms with Gasteiger partial charge < -0.3 is 9.84 Å². The Hall–Kier alpha value is -1.35. The maximum atomic E-state index is 13.2. The van der Waals surface area contributed by atoms with Gasteiger partial charge in [0, 0.05) is 0 Å². The van der Waals surface area contributed by atoms with Crippen molar-refractivity contribution in [2.45, 2.75) is 65.4 Å². The first-order valence-electron chi connectivity index (χ1n) is 9.26. The maximum absolute atomic E-state index is 13.2. The Morgan fingerprint density at radius 3 is 2.21 bits per heavy atom. The van der Waals surface area contributed by atoms with Crippen molar-refractivity contribution in [1.82, 2.24) is 0 Å². The lowest BCUT2D eigenvalue weighted by Gasteiger charge is -2.39. The van der Waals surface area contributed by atoms with Gasteiger partial charge >= 0.3 is 5.97 Å². The Kier molecular flexibility index (Phi) is 6.08. The van der Waals surface area contributed by atoms with Crippen LogP contribution >= 0.6 is 0 Å². The van der Waals surface area contributed by atoms with Crippen molar-refractivity contribution in [2.24, 2.45) is 17.3 Å². The van der Waals surface area contributed by atoms with E-state index in [4.69, 9.17) is 4.74 Å². The van der Waals surface area contributed by atoms with E-state index in [1.807, 2.05) is 32.0 Å². The molecule has 1 aromatic rings. The molecule has 0 heterocycles. The summed E-state index contributed by atoms with van der Waals surface area (Å²) < 4.78 is 6.20. The molecular formula is C21H32O3. The molecule has 2 rings (SSSR count). The van der Waals surface area contributed by atoms with E-state index < -0.39 is 11.0 Å². The van der Waals surface area contributed by atoms with Crippen LogP contribution in [-0.2, 0) is 15.1 Å². The van der Waals surface area contributed by atoms with Crippen LogP contribution in [-0.4, -0.2) is 17.7 Å². The highest BCUT2D eigenvalue weighted by atomic mass is 16.6. The first kappa shape index (κ1) is 19.0. The van der Waals surface area contributed by atoms with E-state index in [-0.39, 0.29) is 18.5 Å². The number of aliphatic hydroxyl groups is 1. The molecule has 1 N–H and O–H groups in total. The van der Waals surface area contributed by atoms with Crippen LogP contribution < -0.4 is 0 Å². The minimum atomic E-state index is -0.821. The van der Waals surface area contributed by atoms with Gasteiger partial charge in [0.05, 0.1) is 12.0 Å². The zero-order valence-corrected chi connectivity index (χ0v) is 15.5. The minimum absolute atomic E-state index is 0.0339. The number of aliphatic hydroxyl groups excluding tert-OH is 1. The fourth-order valence-corrected chi connectivity index (χ4v) is 4.01. The molecule has 134 valence electrons. The molecular weight excluding hydrogens is 300 g/mol. The average Bonchev–Trinajstić information content (AvgIpc) is 3.02. The molecule has 1 aromatic carbocycles. The Balaban J connectivity index is 2.32. The fourth-order valence-electron chi connectivity index (χ4n) is 4.01. The highest BCUT2D eigenvalue weighted by Gasteiger charge is 2.48.